The molecule has 0 aliphatic heterocycles. The average molecular weight is 332 g/mol. The zero-order valence-corrected chi connectivity index (χ0v) is 15.7. The fourth-order valence-electron chi connectivity index (χ4n) is 2.54. The Labute approximate surface area is 138 Å². The van der Waals surface area contributed by atoms with Crippen molar-refractivity contribution in [1.29, 1.82) is 0 Å². The summed E-state index contributed by atoms with van der Waals surface area (Å²) in [6.45, 7) is 4.26. The van der Waals surface area contributed by atoms with Crippen molar-refractivity contribution in [3.8, 4) is 0 Å². The standard InChI is InChI=1S/C18H37O3P/c1-3-5-6-7-8-9-10-11-12-13-14-15-16-17-18-22(19,20)21-4-2/h17-18H,3-16H2,1-2H3,(H,19,20). The summed E-state index contributed by atoms with van der Waals surface area (Å²) in [5, 5.41) is 0. The van der Waals surface area contributed by atoms with Crippen molar-refractivity contribution in [3.05, 3.63) is 11.9 Å². The molecule has 0 aliphatic rings. The first-order chi connectivity index (χ1) is 10.6. The molecule has 0 amide bonds. The summed E-state index contributed by atoms with van der Waals surface area (Å²) < 4.78 is 16.1. The van der Waals surface area contributed by atoms with Crippen molar-refractivity contribution in [3.63, 3.8) is 0 Å². The number of hydrogen-bond donors (Lipinski definition) is 1. The van der Waals surface area contributed by atoms with Gasteiger partial charge in [0.05, 0.1) is 6.61 Å². The van der Waals surface area contributed by atoms with Crippen molar-refractivity contribution < 1.29 is 14.0 Å². The van der Waals surface area contributed by atoms with E-state index >= 15 is 0 Å². The van der Waals surface area contributed by atoms with Crippen LogP contribution >= 0.6 is 7.60 Å². The zero-order valence-electron chi connectivity index (χ0n) is 14.8. The molecule has 3 nitrogen and oxygen atoms in total. The summed E-state index contributed by atoms with van der Waals surface area (Å²) in [5.41, 5.74) is 0. The SMILES string of the molecule is CCCCCCCCCCCCCCC=CP(=O)(O)OCC. The van der Waals surface area contributed by atoms with Gasteiger partial charge in [-0.3, -0.25) is 4.57 Å². The van der Waals surface area contributed by atoms with E-state index in [1.165, 1.54) is 76.4 Å². The molecule has 0 aromatic rings. The molecule has 1 N–H and O–H groups in total. The van der Waals surface area contributed by atoms with Crippen molar-refractivity contribution in [2.24, 2.45) is 0 Å². The van der Waals surface area contributed by atoms with Crippen molar-refractivity contribution >= 4 is 7.60 Å². The second-order valence-electron chi connectivity index (χ2n) is 6.04. The second-order valence-corrected chi connectivity index (χ2v) is 7.73. The molecule has 0 fully saturated rings. The van der Waals surface area contributed by atoms with Gasteiger partial charge in [-0.05, 0) is 19.8 Å². The Morgan fingerprint density at radius 1 is 0.818 bits per heavy atom. The van der Waals surface area contributed by atoms with Gasteiger partial charge in [0.2, 0.25) is 0 Å². The monoisotopic (exact) mass is 332 g/mol. The molecule has 0 spiro atoms. The van der Waals surface area contributed by atoms with Gasteiger partial charge in [0.25, 0.3) is 0 Å². The first kappa shape index (κ1) is 21.9. The summed E-state index contributed by atoms with van der Waals surface area (Å²) >= 11 is 0. The molecule has 0 saturated heterocycles. The van der Waals surface area contributed by atoms with E-state index in [-0.39, 0.29) is 6.61 Å². The highest BCUT2D eigenvalue weighted by molar-refractivity contribution is 7.56. The Balaban J connectivity index is 3.24. The number of unbranched alkanes of at least 4 members (excludes halogenated alkanes) is 12. The van der Waals surface area contributed by atoms with Gasteiger partial charge in [-0.1, -0.05) is 83.6 Å². The van der Waals surface area contributed by atoms with E-state index in [2.05, 4.69) is 6.92 Å². The summed E-state index contributed by atoms with van der Waals surface area (Å²) in [5.74, 6) is 1.33. The lowest BCUT2D eigenvalue weighted by Gasteiger charge is -2.04. The van der Waals surface area contributed by atoms with Crippen LogP contribution in [0.1, 0.15) is 97.3 Å². The zero-order chi connectivity index (χ0) is 16.5. The fraction of sp³-hybridized carbons (Fsp3) is 0.889. The summed E-state index contributed by atoms with van der Waals surface area (Å²) in [6.07, 6.45) is 18.7. The van der Waals surface area contributed by atoms with Crippen LogP contribution in [0.3, 0.4) is 0 Å². The predicted octanol–water partition coefficient (Wildman–Crippen LogP) is 6.81. The number of allylic oxidation sites excluding steroid dienone is 1. The molecule has 132 valence electrons. The van der Waals surface area contributed by atoms with Crippen LogP contribution in [0.15, 0.2) is 11.9 Å². The molecule has 0 heterocycles. The van der Waals surface area contributed by atoms with Crippen LogP contribution in [-0.2, 0) is 9.09 Å². The van der Waals surface area contributed by atoms with Crippen LogP contribution in [0.2, 0.25) is 0 Å². The molecule has 0 aromatic carbocycles. The molecule has 0 aromatic heterocycles. The number of hydrogen-bond acceptors (Lipinski definition) is 2. The Kier molecular flexibility index (Phi) is 15.7. The van der Waals surface area contributed by atoms with Gasteiger partial charge >= 0.3 is 7.60 Å². The Morgan fingerprint density at radius 2 is 1.27 bits per heavy atom. The molecule has 22 heavy (non-hydrogen) atoms. The minimum Gasteiger partial charge on any atom is -0.321 e. The van der Waals surface area contributed by atoms with Crippen LogP contribution in [0, 0.1) is 0 Å². The highest BCUT2D eigenvalue weighted by Crippen LogP contribution is 2.43. The maximum atomic E-state index is 11.4. The molecular weight excluding hydrogens is 295 g/mol. The third kappa shape index (κ3) is 16.3. The third-order valence-corrected chi connectivity index (χ3v) is 5.05. The van der Waals surface area contributed by atoms with E-state index in [9.17, 15) is 9.46 Å². The van der Waals surface area contributed by atoms with Crippen LogP contribution in [0.4, 0.5) is 0 Å². The average Bonchev–Trinajstić information content (AvgIpc) is 2.47. The van der Waals surface area contributed by atoms with Gasteiger partial charge in [0.1, 0.15) is 0 Å². The third-order valence-electron chi connectivity index (χ3n) is 3.83. The summed E-state index contributed by atoms with van der Waals surface area (Å²) in [7, 11) is -3.46. The molecule has 0 saturated carbocycles. The van der Waals surface area contributed by atoms with Crippen LogP contribution in [0.25, 0.3) is 0 Å². The first-order valence-electron chi connectivity index (χ1n) is 9.27. The van der Waals surface area contributed by atoms with Crippen molar-refractivity contribution in [2.45, 2.75) is 97.3 Å². The number of rotatable bonds is 16. The minimum absolute atomic E-state index is 0.275. The van der Waals surface area contributed by atoms with Gasteiger partial charge in [0, 0.05) is 5.82 Å². The van der Waals surface area contributed by atoms with Crippen LogP contribution < -0.4 is 0 Å². The molecule has 0 aliphatic carbocycles. The van der Waals surface area contributed by atoms with E-state index in [1.807, 2.05) is 0 Å². The van der Waals surface area contributed by atoms with Gasteiger partial charge in [-0.25, -0.2) is 0 Å². The predicted molar refractivity (Wildman–Crippen MR) is 96.3 cm³/mol. The Hall–Kier alpha value is -0.110. The van der Waals surface area contributed by atoms with E-state index < -0.39 is 7.60 Å². The lowest BCUT2D eigenvalue weighted by atomic mass is 10.0. The highest BCUT2D eigenvalue weighted by atomic mass is 31.2. The molecule has 0 bridgehead atoms. The largest absolute Gasteiger partial charge is 0.351 e. The fourth-order valence-corrected chi connectivity index (χ4v) is 3.41. The molecular formula is C18H37O3P. The Morgan fingerprint density at radius 3 is 1.73 bits per heavy atom. The highest BCUT2D eigenvalue weighted by Gasteiger charge is 2.11. The van der Waals surface area contributed by atoms with E-state index in [0.29, 0.717) is 0 Å². The van der Waals surface area contributed by atoms with E-state index in [1.54, 1.807) is 13.0 Å². The van der Waals surface area contributed by atoms with Crippen LogP contribution in [0.5, 0.6) is 0 Å². The van der Waals surface area contributed by atoms with Crippen molar-refractivity contribution in [1.82, 2.24) is 0 Å². The summed E-state index contributed by atoms with van der Waals surface area (Å²) in [6, 6.07) is 0. The second kappa shape index (κ2) is 15.8. The van der Waals surface area contributed by atoms with Gasteiger partial charge in [0.15, 0.2) is 0 Å². The van der Waals surface area contributed by atoms with Gasteiger partial charge < -0.3 is 9.42 Å². The summed E-state index contributed by atoms with van der Waals surface area (Å²) in [4.78, 5) is 9.35. The minimum atomic E-state index is -3.46. The normalized spacial score (nSPS) is 14.5. The van der Waals surface area contributed by atoms with Crippen LogP contribution in [-0.4, -0.2) is 11.5 Å². The Bertz CT molecular complexity index is 303. The topological polar surface area (TPSA) is 46.5 Å². The smallest absolute Gasteiger partial charge is 0.321 e. The van der Waals surface area contributed by atoms with E-state index in [0.717, 1.165) is 12.8 Å². The molecule has 4 heteroatoms. The maximum absolute atomic E-state index is 11.4. The van der Waals surface area contributed by atoms with Crippen molar-refractivity contribution in [2.75, 3.05) is 6.61 Å². The lowest BCUT2D eigenvalue weighted by Crippen LogP contribution is -1.84. The molecule has 1 unspecified atom stereocenters. The molecule has 1 atom stereocenters. The maximum Gasteiger partial charge on any atom is 0.351 e. The lowest BCUT2D eigenvalue weighted by molar-refractivity contribution is 0.283. The first-order valence-corrected chi connectivity index (χ1v) is 10.9. The van der Waals surface area contributed by atoms with Gasteiger partial charge in [-0.2, -0.15) is 0 Å². The molecule has 0 radical (unpaired) electrons. The quantitative estimate of drug-likeness (QED) is 0.249. The van der Waals surface area contributed by atoms with E-state index in [4.69, 9.17) is 4.52 Å². The van der Waals surface area contributed by atoms with Gasteiger partial charge in [-0.15, -0.1) is 0 Å². The molecule has 0 rings (SSSR count).